The maximum absolute atomic E-state index is 11.9. The van der Waals surface area contributed by atoms with Gasteiger partial charge in [0.2, 0.25) is 0 Å². The van der Waals surface area contributed by atoms with Crippen LogP contribution in [-0.2, 0) is 16.1 Å². The van der Waals surface area contributed by atoms with E-state index in [1.54, 1.807) is 29.5 Å². The predicted molar refractivity (Wildman–Crippen MR) is 84.2 cm³/mol. The number of amides is 1. The first-order valence-corrected chi connectivity index (χ1v) is 7.59. The summed E-state index contributed by atoms with van der Waals surface area (Å²) in [6.07, 6.45) is 0. The van der Waals surface area contributed by atoms with Crippen LogP contribution in [-0.4, -0.2) is 25.6 Å². The molecule has 0 unspecified atom stereocenters. The number of methoxy groups -OCH3 is 1. The summed E-state index contributed by atoms with van der Waals surface area (Å²) >= 11 is 1.56. The summed E-state index contributed by atoms with van der Waals surface area (Å²) in [7, 11) is 1.54. The highest BCUT2D eigenvalue weighted by atomic mass is 32.1. The molecule has 116 valence electrons. The minimum atomic E-state index is -0.551. The molecule has 5 nitrogen and oxygen atoms in total. The van der Waals surface area contributed by atoms with Crippen molar-refractivity contribution in [2.24, 2.45) is 0 Å². The summed E-state index contributed by atoms with van der Waals surface area (Å²) in [5, 5.41) is 4.63. The molecular weight excluding hydrogens is 302 g/mol. The van der Waals surface area contributed by atoms with Gasteiger partial charge in [-0.2, -0.15) is 0 Å². The SMILES string of the molecule is COc1cc(C(=O)OCC(=O)NCc2cccs2)ccc1C. The largest absolute Gasteiger partial charge is 0.496 e. The fourth-order valence-electron chi connectivity index (χ4n) is 1.81. The molecule has 0 saturated heterocycles. The summed E-state index contributed by atoms with van der Waals surface area (Å²) in [6.45, 7) is 2.01. The monoisotopic (exact) mass is 319 g/mol. The number of esters is 1. The van der Waals surface area contributed by atoms with Crippen molar-refractivity contribution in [1.29, 1.82) is 0 Å². The van der Waals surface area contributed by atoms with E-state index in [1.165, 1.54) is 7.11 Å². The fourth-order valence-corrected chi connectivity index (χ4v) is 2.46. The summed E-state index contributed by atoms with van der Waals surface area (Å²) in [4.78, 5) is 24.6. The number of carbonyl (C=O) groups excluding carboxylic acids is 2. The highest BCUT2D eigenvalue weighted by molar-refractivity contribution is 7.09. The third-order valence-corrected chi connectivity index (χ3v) is 3.89. The number of carbonyl (C=O) groups is 2. The lowest BCUT2D eigenvalue weighted by molar-refractivity contribution is -0.124. The van der Waals surface area contributed by atoms with Crippen molar-refractivity contribution in [2.75, 3.05) is 13.7 Å². The third-order valence-electron chi connectivity index (χ3n) is 3.02. The molecule has 2 rings (SSSR count). The molecule has 1 N–H and O–H groups in total. The first-order valence-electron chi connectivity index (χ1n) is 6.71. The van der Waals surface area contributed by atoms with Gasteiger partial charge >= 0.3 is 5.97 Å². The topological polar surface area (TPSA) is 64.6 Å². The van der Waals surface area contributed by atoms with E-state index in [-0.39, 0.29) is 12.5 Å². The van der Waals surface area contributed by atoms with Crippen molar-refractivity contribution in [3.05, 3.63) is 51.7 Å². The highest BCUT2D eigenvalue weighted by Gasteiger charge is 2.12. The Labute approximate surface area is 132 Å². The van der Waals surface area contributed by atoms with Crippen molar-refractivity contribution in [1.82, 2.24) is 5.32 Å². The number of thiophene rings is 1. The predicted octanol–water partition coefficient (Wildman–Crippen LogP) is 2.54. The van der Waals surface area contributed by atoms with Crippen LogP contribution in [0, 0.1) is 6.92 Å². The minimum Gasteiger partial charge on any atom is -0.496 e. The van der Waals surface area contributed by atoms with E-state index in [1.807, 2.05) is 24.4 Å². The lowest BCUT2D eigenvalue weighted by Gasteiger charge is -2.08. The molecule has 1 aromatic carbocycles. The van der Waals surface area contributed by atoms with E-state index in [2.05, 4.69) is 5.32 Å². The van der Waals surface area contributed by atoms with Crippen molar-refractivity contribution >= 4 is 23.2 Å². The molecule has 2 aromatic rings. The molecule has 0 aliphatic heterocycles. The van der Waals surface area contributed by atoms with Crippen LogP contribution in [0.2, 0.25) is 0 Å². The van der Waals surface area contributed by atoms with E-state index in [0.29, 0.717) is 17.9 Å². The van der Waals surface area contributed by atoms with Crippen molar-refractivity contribution in [2.45, 2.75) is 13.5 Å². The number of nitrogens with one attached hydrogen (secondary N) is 1. The zero-order valence-electron chi connectivity index (χ0n) is 12.4. The smallest absolute Gasteiger partial charge is 0.338 e. The Morgan fingerprint density at radius 1 is 1.27 bits per heavy atom. The van der Waals surface area contributed by atoms with Gasteiger partial charge < -0.3 is 14.8 Å². The van der Waals surface area contributed by atoms with Gasteiger partial charge in [0.05, 0.1) is 19.2 Å². The third kappa shape index (κ3) is 4.33. The molecular formula is C16H17NO4S. The van der Waals surface area contributed by atoms with Gasteiger partial charge in [-0.25, -0.2) is 4.79 Å². The van der Waals surface area contributed by atoms with Crippen LogP contribution < -0.4 is 10.1 Å². The second kappa shape index (κ2) is 7.61. The Morgan fingerprint density at radius 3 is 2.77 bits per heavy atom. The van der Waals surface area contributed by atoms with Crippen LogP contribution in [0.5, 0.6) is 5.75 Å². The van der Waals surface area contributed by atoms with Crippen LogP contribution in [0.15, 0.2) is 35.7 Å². The van der Waals surface area contributed by atoms with Crippen molar-refractivity contribution < 1.29 is 19.1 Å². The summed E-state index contributed by atoms with van der Waals surface area (Å²) in [6, 6.07) is 8.85. The standard InChI is InChI=1S/C16H17NO4S/c1-11-5-6-12(8-14(11)20-2)16(19)21-10-15(18)17-9-13-4-3-7-22-13/h3-8H,9-10H2,1-2H3,(H,17,18). The molecule has 1 amide bonds. The first kappa shape index (κ1) is 16.0. The molecule has 0 saturated carbocycles. The quantitative estimate of drug-likeness (QED) is 0.831. The van der Waals surface area contributed by atoms with Gasteiger partial charge in [-0.15, -0.1) is 11.3 Å². The van der Waals surface area contributed by atoms with Gasteiger partial charge in [0.1, 0.15) is 5.75 Å². The molecule has 0 radical (unpaired) electrons. The van der Waals surface area contributed by atoms with Gasteiger partial charge in [-0.1, -0.05) is 12.1 Å². The Kier molecular flexibility index (Phi) is 5.55. The average Bonchev–Trinajstić information content (AvgIpc) is 3.04. The number of hydrogen-bond donors (Lipinski definition) is 1. The molecule has 1 heterocycles. The van der Waals surface area contributed by atoms with Crippen LogP contribution in [0.1, 0.15) is 20.8 Å². The summed E-state index contributed by atoms with van der Waals surface area (Å²) in [5.41, 5.74) is 1.28. The molecule has 22 heavy (non-hydrogen) atoms. The summed E-state index contributed by atoms with van der Waals surface area (Å²) < 4.78 is 10.2. The van der Waals surface area contributed by atoms with Gasteiger partial charge in [-0.05, 0) is 36.1 Å². The van der Waals surface area contributed by atoms with E-state index in [0.717, 1.165) is 10.4 Å². The lowest BCUT2D eigenvalue weighted by Crippen LogP contribution is -2.28. The van der Waals surface area contributed by atoms with Crippen LogP contribution in [0.3, 0.4) is 0 Å². The van der Waals surface area contributed by atoms with Crippen LogP contribution >= 0.6 is 11.3 Å². The second-order valence-electron chi connectivity index (χ2n) is 4.62. The van der Waals surface area contributed by atoms with Gasteiger partial charge in [0, 0.05) is 4.88 Å². The molecule has 0 fully saturated rings. The maximum Gasteiger partial charge on any atom is 0.338 e. The van der Waals surface area contributed by atoms with E-state index in [4.69, 9.17) is 9.47 Å². The number of rotatable bonds is 6. The Hall–Kier alpha value is -2.34. The second-order valence-corrected chi connectivity index (χ2v) is 5.65. The average molecular weight is 319 g/mol. The maximum atomic E-state index is 11.9. The highest BCUT2D eigenvalue weighted by Crippen LogP contribution is 2.19. The molecule has 0 bridgehead atoms. The zero-order valence-corrected chi connectivity index (χ0v) is 13.2. The first-order chi connectivity index (χ1) is 10.6. The van der Waals surface area contributed by atoms with Crippen LogP contribution in [0.25, 0.3) is 0 Å². The number of benzene rings is 1. The normalized spacial score (nSPS) is 10.1. The summed E-state index contributed by atoms with van der Waals surface area (Å²) in [5.74, 6) is -0.276. The number of aryl methyl sites for hydroxylation is 1. The van der Waals surface area contributed by atoms with E-state index in [9.17, 15) is 9.59 Å². The van der Waals surface area contributed by atoms with Crippen LogP contribution in [0.4, 0.5) is 0 Å². The molecule has 0 atom stereocenters. The number of ether oxygens (including phenoxy) is 2. The Morgan fingerprint density at radius 2 is 2.09 bits per heavy atom. The molecule has 0 aliphatic carbocycles. The molecule has 1 aromatic heterocycles. The van der Waals surface area contributed by atoms with E-state index >= 15 is 0 Å². The van der Waals surface area contributed by atoms with Gasteiger partial charge in [-0.3, -0.25) is 4.79 Å². The van der Waals surface area contributed by atoms with E-state index < -0.39 is 5.97 Å². The molecule has 0 spiro atoms. The zero-order chi connectivity index (χ0) is 15.9. The Bertz CT molecular complexity index is 652. The lowest BCUT2D eigenvalue weighted by atomic mass is 10.1. The number of hydrogen-bond acceptors (Lipinski definition) is 5. The van der Waals surface area contributed by atoms with Gasteiger partial charge in [0.25, 0.3) is 5.91 Å². The molecule has 6 heteroatoms. The molecule has 0 aliphatic rings. The Balaban J connectivity index is 1.83. The van der Waals surface area contributed by atoms with Crippen molar-refractivity contribution in [3.8, 4) is 5.75 Å². The van der Waals surface area contributed by atoms with Gasteiger partial charge in [0.15, 0.2) is 6.61 Å². The van der Waals surface area contributed by atoms with Crippen molar-refractivity contribution in [3.63, 3.8) is 0 Å². The fraction of sp³-hybridized carbons (Fsp3) is 0.250. The minimum absolute atomic E-state index is 0.305.